The van der Waals surface area contributed by atoms with Crippen LogP contribution in [0.3, 0.4) is 0 Å². The largest absolute Gasteiger partial charge is 0.507 e. The molecule has 1 aromatic carbocycles. The SMILES string of the molecule is COC(=O)c1cc(S(=O)(=O)NCc2cscn2)ccc1O. The maximum atomic E-state index is 12.1. The van der Waals surface area contributed by atoms with Crippen LogP contribution >= 0.6 is 11.3 Å². The van der Waals surface area contributed by atoms with Gasteiger partial charge in [0.1, 0.15) is 11.3 Å². The molecule has 0 spiro atoms. The van der Waals surface area contributed by atoms with Crippen LogP contribution in [0.5, 0.6) is 5.75 Å². The third-order valence-corrected chi connectivity index (χ3v) is 4.64. The van der Waals surface area contributed by atoms with Crippen molar-refractivity contribution < 1.29 is 23.1 Å². The minimum atomic E-state index is -3.82. The summed E-state index contributed by atoms with van der Waals surface area (Å²) in [6.45, 7) is 0.0419. The number of phenols is 1. The summed E-state index contributed by atoms with van der Waals surface area (Å²) in [6.07, 6.45) is 0. The van der Waals surface area contributed by atoms with Crippen molar-refractivity contribution in [1.29, 1.82) is 0 Å². The zero-order valence-electron chi connectivity index (χ0n) is 10.9. The summed E-state index contributed by atoms with van der Waals surface area (Å²) in [7, 11) is -2.68. The van der Waals surface area contributed by atoms with E-state index in [0.29, 0.717) is 5.69 Å². The maximum absolute atomic E-state index is 12.1. The van der Waals surface area contributed by atoms with Crippen LogP contribution in [0.1, 0.15) is 16.1 Å². The first-order chi connectivity index (χ1) is 9.94. The number of ether oxygens (including phenoxy) is 1. The highest BCUT2D eigenvalue weighted by Crippen LogP contribution is 2.22. The number of rotatable bonds is 5. The van der Waals surface area contributed by atoms with Gasteiger partial charge in [-0.15, -0.1) is 11.3 Å². The van der Waals surface area contributed by atoms with Crippen LogP contribution in [-0.2, 0) is 21.3 Å². The fourth-order valence-corrected chi connectivity index (χ4v) is 3.12. The van der Waals surface area contributed by atoms with Gasteiger partial charge in [-0.3, -0.25) is 0 Å². The molecular weight excluding hydrogens is 316 g/mol. The predicted octanol–water partition coefficient (Wildman–Crippen LogP) is 1.11. The zero-order valence-corrected chi connectivity index (χ0v) is 12.6. The van der Waals surface area contributed by atoms with E-state index in [2.05, 4.69) is 14.4 Å². The van der Waals surface area contributed by atoms with Crippen LogP contribution in [0, 0.1) is 0 Å². The van der Waals surface area contributed by atoms with Crippen molar-refractivity contribution in [3.63, 3.8) is 0 Å². The molecule has 1 heterocycles. The van der Waals surface area contributed by atoms with E-state index in [1.165, 1.54) is 17.4 Å². The Morgan fingerprint density at radius 1 is 1.48 bits per heavy atom. The number of hydrogen-bond acceptors (Lipinski definition) is 7. The molecule has 21 heavy (non-hydrogen) atoms. The molecule has 2 aromatic rings. The number of methoxy groups -OCH3 is 1. The van der Waals surface area contributed by atoms with Gasteiger partial charge >= 0.3 is 5.97 Å². The number of hydrogen-bond donors (Lipinski definition) is 2. The van der Waals surface area contributed by atoms with Crippen LogP contribution in [0.15, 0.2) is 34.0 Å². The van der Waals surface area contributed by atoms with E-state index in [1.54, 1.807) is 10.9 Å². The van der Waals surface area contributed by atoms with E-state index in [-0.39, 0.29) is 22.8 Å². The van der Waals surface area contributed by atoms with Crippen LogP contribution in [0.25, 0.3) is 0 Å². The first-order valence-corrected chi connectivity index (χ1v) is 8.14. The van der Waals surface area contributed by atoms with Gasteiger partial charge in [0.05, 0.1) is 29.8 Å². The molecule has 0 atom stereocenters. The second-order valence-corrected chi connectivity index (χ2v) is 6.46. The number of phenolic OH excluding ortho intramolecular Hbond substituents is 1. The number of nitrogens with one attached hydrogen (secondary N) is 1. The van der Waals surface area contributed by atoms with Crippen molar-refractivity contribution >= 4 is 27.3 Å². The summed E-state index contributed by atoms with van der Waals surface area (Å²) >= 11 is 1.36. The summed E-state index contributed by atoms with van der Waals surface area (Å²) < 4.78 is 31.1. The Bertz CT molecular complexity index is 741. The Kier molecular flexibility index (Phi) is 4.56. The lowest BCUT2D eigenvalue weighted by molar-refractivity contribution is 0.0597. The smallest absolute Gasteiger partial charge is 0.341 e. The second-order valence-electron chi connectivity index (χ2n) is 3.97. The van der Waals surface area contributed by atoms with Crippen LogP contribution in [0.2, 0.25) is 0 Å². The molecule has 0 unspecified atom stereocenters. The summed E-state index contributed by atoms with van der Waals surface area (Å²) in [5, 5.41) is 11.3. The number of carbonyl (C=O) groups excluding carboxylic acids is 1. The molecule has 0 fully saturated rings. The monoisotopic (exact) mass is 328 g/mol. The number of thiazole rings is 1. The van der Waals surface area contributed by atoms with Gasteiger partial charge in [0.15, 0.2) is 0 Å². The fourth-order valence-electron chi connectivity index (χ4n) is 1.53. The Hall–Kier alpha value is -1.97. The Labute approximate surface area is 125 Å². The van der Waals surface area contributed by atoms with E-state index < -0.39 is 16.0 Å². The second kappa shape index (κ2) is 6.20. The van der Waals surface area contributed by atoms with Gasteiger partial charge in [0.25, 0.3) is 0 Å². The molecule has 9 heteroatoms. The Balaban J connectivity index is 2.25. The standard InChI is InChI=1S/C12H12N2O5S2/c1-19-12(16)10-4-9(2-3-11(10)15)21(17,18)14-5-8-6-20-7-13-8/h2-4,6-7,14-15H,5H2,1H3. The number of aromatic hydroxyl groups is 1. The van der Waals surface area contributed by atoms with Crippen LogP contribution in [-0.4, -0.2) is 31.6 Å². The summed E-state index contributed by atoms with van der Waals surface area (Å²) in [5.41, 5.74) is 1.98. The van der Waals surface area contributed by atoms with Crippen molar-refractivity contribution in [2.75, 3.05) is 7.11 Å². The molecule has 0 amide bonds. The highest BCUT2D eigenvalue weighted by molar-refractivity contribution is 7.89. The molecule has 0 radical (unpaired) electrons. The lowest BCUT2D eigenvalue weighted by Crippen LogP contribution is -2.23. The van der Waals surface area contributed by atoms with Crippen molar-refractivity contribution in [3.05, 3.63) is 40.3 Å². The Morgan fingerprint density at radius 2 is 2.24 bits per heavy atom. The third kappa shape index (κ3) is 3.57. The highest BCUT2D eigenvalue weighted by atomic mass is 32.2. The van der Waals surface area contributed by atoms with Gasteiger partial charge in [-0.1, -0.05) is 0 Å². The normalized spacial score (nSPS) is 11.3. The van der Waals surface area contributed by atoms with E-state index >= 15 is 0 Å². The highest BCUT2D eigenvalue weighted by Gasteiger charge is 2.19. The third-order valence-electron chi connectivity index (χ3n) is 2.61. The fraction of sp³-hybridized carbons (Fsp3) is 0.167. The van der Waals surface area contributed by atoms with Gasteiger partial charge in [-0.25, -0.2) is 22.9 Å². The molecule has 7 nitrogen and oxygen atoms in total. The molecule has 112 valence electrons. The molecule has 1 aromatic heterocycles. The average Bonchev–Trinajstić information content (AvgIpc) is 2.98. The number of nitrogens with zero attached hydrogens (tertiary/aromatic N) is 1. The van der Waals surface area contributed by atoms with Gasteiger partial charge in [-0.2, -0.15) is 0 Å². The number of carbonyl (C=O) groups is 1. The Morgan fingerprint density at radius 3 is 2.86 bits per heavy atom. The van der Waals surface area contributed by atoms with Crippen LogP contribution in [0.4, 0.5) is 0 Å². The number of benzene rings is 1. The minimum Gasteiger partial charge on any atom is -0.507 e. The lowest BCUT2D eigenvalue weighted by atomic mass is 10.2. The van der Waals surface area contributed by atoms with Gasteiger partial charge < -0.3 is 9.84 Å². The molecular formula is C12H12N2O5S2. The van der Waals surface area contributed by atoms with Gasteiger partial charge in [-0.05, 0) is 18.2 Å². The summed E-state index contributed by atoms with van der Waals surface area (Å²) in [4.78, 5) is 15.3. The van der Waals surface area contributed by atoms with Crippen molar-refractivity contribution in [2.24, 2.45) is 0 Å². The molecule has 0 bridgehead atoms. The molecule has 0 aliphatic rings. The van der Waals surface area contributed by atoms with Gasteiger partial charge in [0.2, 0.25) is 10.0 Å². The first kappa shape index (κ1) is 15.4. The van der Waals surface area contributed by atoms with Crippen molar-refractivity contribution in [3.8, 4) is 5.75 Å². The van der Waals surface area contributed by atoms with E-state index in [9.17, 15) is 18.3 Å². The predicted molar refractivity (Wildman–Crippen MR) is 75.6 cm³/mol. The van der Waals surface area contributed by atoms with Crippen LogP contribution < -0.4 is 4.72 Å². The first-order valence-electron chi connectivity index (χ1n) is 5.72. The summed E-state index contributed by atoms with van der Waals surface area (Å²) in [5.74, 6) is -1.16. The molecule has 0 aliphatic heterocycles. The molecule has 0 saturated carbocycles. The summed E-state index contributed by atoms with van der Waals surface area (Å²) in [6, 6.07) is 3.39. The number of aromatic nitrogens is 1. The molecule has 0 saturated heterocycles. The maximum Gasteiger partial charge on any atom is 0.341 e. The minimum absolute atomic E-state index is 0.0419. The van der Waals surface area contributed by atoms with E-state index in [0.717, 1.165) is 19.2 Å². The quantitative estimate of drug-likeness (QED) is 0.797. The zero-order chi connectivity index (χ0) is 15.5. The average molecular weight is 328 g/mol. The lowest BCUT2D eigenvalue weighted by Gasteiger charge is -2.08. The van der Waals surface area contributed by atoms with E-state index in [4.69, 9.17) is 0 Å². The molecule has 0 aliphatic carbocycles. The number of sulfonamides is 1. The number of esters is 1. The molecule has 2 N–H and O–H groups in total. The topological polar surface area (TPSA) is 106 Å². The molecule has 2 rings (SSSR count). The van der Waals surface area contributed by atoms with E-state index in [1.807, 2.05) is 0 Å². The van der Waals surface area contributed by atoms with Crippen molar-refractivity contribution in [1.82, 2.24) is 9.71 Å². The van der Waals surface area contributed by atoms with Crippen molar-refractivity contribution in [2.45, 2.75) is 11.4 Å². The van der Waals surface area contributed by atoms with Gasteiger partial charge in [0, 0.05) is 5.38 Å².